The second-order valence-electron chi connectivity index (χ2n) is 4.81. The van der Waals surface area contributed by atoms with Crippen molar-refractivity contribution >= 4 is 5.69 Å². The molecule has 0 aliphatic heterocycles. The molecule has 0 unspecified atom stereocenters. The predicted octanol–water partition coefficient (Wildman–Crippen LogP) is 2.98. The molecule has 2 aromatic rings. The molecule has 1 N–H and O–H groups in total. The first kappa shape index (κ1) is 14.2. The molecule has 0 saturated heterocycles. The molecule has 102 valence electrons. The number of benzene rings is 2. The second kappa shape index (κ2) is 6.79. The topological polar surface area (TPSA) is 23.5 Å². The Bertz CT molecular complexity index is 620. The van der Waals surface area contributed by atoms with Gasteiger partial charge in [0.05, 0.1) is 0 Å². The van der Waals surface area contributed by atoms with E-state index in [0.29, 0.717) is 0 Å². The fourth-order valence-electron chi connectivity index (χ4n) is 2.06. The Morgan fingerprint density at radius 3 is 2.45 bits per heavy atom. The maximum atomic E-state index is 8.82. The summed E-state index contributed by atoms with van der Waals surface area (Å²) in [6, 6.07) is 16.5. The van der Waals surface area contributed by atoms with Crippen molar-refractivity contribution in [1.29, 1.82) is 0 Å². The Labute approximate surface area is 120 Å². The molecule has 0 aromatic heterocycles. The minimum Gasteiger partial charge on any atom is -0.384 e. The van der Waals surface area contributed by atoms with Crippen LogP contribution < -0.4 is 4.90 Å². The van der Waals surface area contributed by atoms with Crippen molar-refractivity contribution in [2.75, 3.05) is 18.6 Å². The van der Waals surface area contributed by atoms with Gasteiger partial charge in [-0.05, 0) is 30.7 Å². The number of anilines is 1. The van der Waals surface area contributed by atoms with E-state index in [9.17, 15) is 0 Å². The number of nitrogens with zero attached hydrogens (tertiary/aromatic N) is 1. The molecule has 0 aliphatic rings. The minimum absolute atomic E-state index is 0.109. The Hall–Kier alpha value is -2.24. The van der Waals surface area contributed by atoms with E-state index in [1.54, 1.807) is 0 Å². The van der Waals surface area contributed by atoms with Crippen LogP contribution in [-0.4, -0.2) is 18.8 Å². The van der Waals surface area contributed by atoms with Crippen molar-refractivity contribution in [3.63, 3.8) is 0 Å². The van der Waals surface area contributed by atoms with Crippen LogP contribution in [0.3, 0.4) is 0 Å². The number of aryl methyl sites for hydroxylation is 1. The van der Waals surface area contributed by atoms with Crippen LogP contribution in [0.1, 0.15) is 16.7 Å². The SMILES string of the molecule is Cc1ccc(N(C)Cc2ccccc2C#CCO)cc1. The molecule has 0 atom stereocenters. The highest BCUT2D eigenvalue weighted by molar-refractivity contribution is 5.49. The molecule has 2 nitrogen and oxygen atoms in total. The number of hydrogen-bond acceptors (Lipinski definition) is 2. The van der Waals surface area contributed by atoms with E-state index in [-0.39, 0.29) is 6.61 Å². The summed E-state index contributed by atoms with van der Waals surface area (Å²) < 4.78 is 0. The van der Waals surface area contributed by atoms with Gasteiger partial charge in [0.1, 0.15) is 6.61 Å². The fourth-order valence-corrected chi connectivity index (χ4v) is 2.06. The van der Waals surface area contributed by atoms with Crippen molar-refractivity contribution in [2.45, 2.75) is 13.5 Å². The molecule has 20 heavy (non-hydrogen) atoms. The molecule has 0 spiro atoms. The standard InChI is InChI=1S/C18H19NO/c1-15-9-11-18(12-10-15)19(2)14-17-7-4-3-6-16(17)8-5-13-20/h3-4,6-7,9-12,20H,13-14H2,1-2H3. The first-order chi connectivity index (χ1) is 9.70. The summed E-state index contributed by atoms with van der Waals surface area (Å²) in [6.45, 7) is 2.77. The van der Waals surface area contributed by atoms with E-state index in [2.05, 4.69) is 61.0 Å². The fraction of sp³-hybridized carbons (Fsp3) is 0.222. The van der Waals surface area contributed by atoms with Crippen LogP contribution in [-0.2, 0) is 6.54 Å². The van der Waals surface area contributed by atoms with Gasteiger partial charge in [-0.3, -0.25) is 0 Å². The zero-order valence-electron chi connectivity index (χ0n) is 11.9. The predicted molar refractivity (Wildman–Crippen MR) is 83.7 cm³/mol. The van der Waals surface area contributed by atoms with E-state index in [4.69, 9.17) is 5.11 Å². The summed E-state index contributed by atoms with van der Waals surface area (Å²) in [6.07, 6.45) is 0. The van der Waals surface area contributed by atoms with Gasteiger partial charge in [-0.1, -0.05) is 47.7 Å². The number of aliphatic hydroxyl groups is 1. The highest BCUT2D eigenvalue weighted by Gasteiger charge is 2.05. The van der Waals surface area contributed by atoms with Crippen molar-refractivity contribution in [1.82, 2.24) is 0 Å². The van der Waals surface area contributed by atoms with Gasteiger partial charge >= 0.3 is 0 Å². The van der Waals surface area contributed by atoms with E-state index in [1.165, 1.54) is 11.3 Å². The number of aliphatic hydroxyl groups excluding tert-OH is 1. The lowest BCUT2D eigenvalue weighted by molar-refractivity contribution is 0.350. The van der Waals surface area contributed by atoms with E-state index < -0.39 is 0 Å². The van der Waals surface area contributed by atoms with Gasteiger partial charge in [-0.25, -0.2) is 0 Å². The van der Waals surface area contributed by atoms with Crippen molar-refractivity contribution in [3.05, 3.63) is 65.2 Å². The molecule has 2 heteroatoms. The Balaban J connectivity index is 2.19. The van der Waals surface area contributed by atoms with Crippen molar-refractivity contribution in [2.24, 2.45) is 0 Å². The molecule has 0 bridgehead atoms. The second-order valence-corrected chi connectivity index (χ2v) is 4.81. The van der Waals surface area contributed by atoms with Crippen molar-refractivity contribution in [3.8, 4) is 11.8 Å². The maximum Gasteiger partial charge on any atom is 0.104 e. The average molecular weight is 265 g/mol. The maximum absolute atomic E-state index is 8.82. The van der Waals surface area contributed by atoms with E-state index in [0.717, 1.165) is 17.7 Å². The van der Waals surface area contributed by atoms with Crippen LogP contribution >= 0.6 is 0 Å². The third-order valence-corrected chi connectivity index (χ3v) is 3.20. The zero-order valence-corrected chi connectivity index (χ0v) is 11.9. The Kier molecular flexibility index (Phi) is 4.81. The Morgan fingerprint density at radius 1 is 1.05 bits per heavy atom. The normalized spacial score (nSPS) is 9.75. The summed E-state index contributed by atoms with van der Waals surface area (Å²) >= 11 is 0. The van der Waals surface area contributed by atoms with Gasteiger partial charge in [-0.15, -0.1) is 0 Å². The van der Waals surface area contributed by atoms with Crippen LogP contribution in [0.25, 0.3) is 0 Å². The van der Waals surface area contributed by atoms with E-state index >= 15 is 0 Å². The number of hydrogen-bond donors (Lipinski definition) is 1. The largest absolute Gasteiger partial charge is 0.384 e. The quantitative estimate of drug-likeness (QED) is 0.862. The first-order valence-corrected chi connectivity index (χ1v) is 6.66. The van der Waals surface area contributed by atoms with Gasteiger partial charge in [0.2, 0.25) is 0 Å². The summed E-state index contributed by atoms with van der Waals surface area (Å²) in [5.41, 5.74) is 4.58. The van der Waals surface area contributed by atoms with Crippen LogP contribution in [0.2, 0.25) is 0 Å². The van der Waals surface area contributed by atoms with Crippen molar-refractivity contribution < 1.29 is 5.11 Å². The monoisotopic (exact) mass is 265 g/mol. The van der Waals surface area contributed by atoms with Crippen LogP contribution in [0.15, 0.2) is 48.5 Å². The number of rotatable bonds is 3. The van der Waals surface area contributed by atoms with Crippen LogP contribution in [0.5, 0.6) is 0 Å². The molecule has 0 amide bonds. The Morgan fingerprint density at radius 2 is 1.75 bits per heavy atom. The highest BCUT2D eigenvalue weighted by atomic mass is 16.2. The van der Waals surface area contributed by atoms with E-state index in [1.807, 2.05) is 18.2 Å². The lowest BCUT2D eigenvalue weighted by atomic mass is 10.1. The third kappa shape index (κ3) is 3.63. The molecular formula is C18H19NO. The molecule has 0 saturated carbocycles. The molecule has 2 rings (SSSR count). The van der Waals surface area contributed by atoms with Gasteiger partial charge in [0.15, 0.2) is 0 Å². The molecular weight excluding hydrogens is 246 g/mol. The van der Waals surface area contributed by atoms with Gasteiger partial charge in [0.25, 0.3) is 0 Å². The molecule has 0 aliphatic carbocycles. The minimum atomic E-state index is -0.109. The summed E-state index contributed by atoms with van der Waals surface area (Å²) in [7, 11) is 2.07. The summed E-state index contributed by atoms with van der Waals surface area (Å²) in [5, 5.41) is 8.82. The van der Waals surface area contributed by atoms with Crippen LogP contribution in [0.4, 0.5) is 5.69 Å². The van der Waals surface area contributed by atoms with Crippen LogP contribution in [0, 0.1) is 18.8 Å². The summed E-state index contributed by atoms with van der Waals surface area (Å²) in [4.78, 5) is 2.19. The molecule has 2 aromatic carbocycles. The zero-order chi connectivity index (χ0) is 14.4. The smallest absolute Gasteiger partial charge is 0.104 e. The molecule has 0 heterocycles. The molecule has 0 radical (unpaired) electrons. The lowest BCUT2D eigenvalue weighted by Gasteiger charge is -2.20. The first-order valence-electron chi connectivity index (χ1n) is 6.66. The van der Waals surface area contributed by atoms with Gasteiger partial charge in [0, 0.05) is 24.8 Å². The summed E-state index contributed by atoms with van der Waals surface area (Å²) in [5.74, 6) is 5.71. The van der Waals surface area contributed by atoms with Gasteiger partial charge in [-0.2, -0.15) is 0 Å². The highest BCUT2D eigenvalue weighted by Crippen LogP contribution is 2.17. The third-order valence-electron chi connectivity index (χ3n) is 3.20. The van der Waals surface area contributed by atoms with Gasteiger partial charge < -0.3 is 10.0 Å². The average Bonchev–Trinajstić information content (AvgIpc) is 2.47. The lowest BCUT2D eigenvalue weighted by Crippen LogP contribution is -2.17. The molecule has 0 fully saturated rings.